The van der Waals surface area contributed by atoms with E-state index in [1.807, 2.05) is 19.1 Å². The van der Waals surface area contributed by atoms with Crippen LogP contribution in [0.5, 0.6) is 0 Å². The van der Waals surface area contributed by atoms with Gasteiger partial charge in [0.05, 0.1) is 5.02 Å². The smallest absolute Gasteiger partial charge is 0.165 e. The lowest BCUT2D eigenvalue weighted by molar-refractivity contribution is 0.158. The molecule has 16 heavy (non-hydrogen) atoms. The van der Waals surface area contributed by atoms with Crippen molar-refractivity contribution in [2.75, 3.05) is 0 Å². The molecule has 1 unspecified atom stereocenters. The van der Waals surface area contributed by atoms with Crippen molar-refractivity contribution in [2.45, 2.75) is 20.0 Å². The largest absolute Gasteiger partial charge is 0.385 e. The molecule has 4 heteroatoms. The Labute approximate surface area is 98.6 Å². The van der Waals surface area contributed by atoms with Crippen LogP contribution in [0.25, 0.3) is 11.3 Å². The zero-order chi connectivity index (χ0) is 11.7. The third-order valence-corrected chi connectivity index (χ3v) is 2.73. The van der Waals surface area contributed by atoms with Crippen molar-refractivity contribution < 1.29 is 9.63 Å². The molecule has 0 saturated carbocycles. The lowest BCUT2D eigenvalue weighted by Gasteiger charge is -2.03. The molecule has 1 aromatic carbocycles. The summed E-state index contributed by atoms with van der Waals surface area (Å²) in [6.45, 7) is 3.59. The van der Waals surface area contributed by atoms with Crippen LogP contribution in [-0.2, 0) is 0 Å². The minimum atomic E-state index is -0.663. The van der Waals surface area contributed by atoms with Crippen molar-refractivity contribution in [1.82, 2.24) is 5.16 Å². The molecule has 3 nitrogen and oxygen atoms in total. The van der Waals surface area contributed by atoms with E-state index in [0.717, 1.165) is 11.1 Å². The molecule has 1 N–H and O–H groups in total. The number of hydrogen-bond donors (Lipinski definition) is 1. The van der Waals surface area contributed by atoms with E-state index in [-0.39, 0.29) is 0 Å². The first-order valence-electron chi connectivity index (χ1n) is 4.99. The van der Waals surface area contributed by atoms with Gasteiger partial charge in [0.2, 0.25) is 0 Å². The maximum atomic E-state index is 9.36. The van der Waals surface area contributed by atoms with Crippen molar-refractivity contribution in [1.29, 1.82) is 0 Å². The lowest BCUT2D eigenvalue weighted by atomic mass is 10.1. The van der Waals surface area contributed by atoms with Crippen LogP contribution >= 0.6 is 11.6 Å². The molecule has 0 fully saturated rings. The summed E-state index contributed by atoms with van der Waals surface area (Å²) < 4.78 is 5.03. The number of benzene rings is 1. The maximum absolute atomic E-state index is 9.36. The van der Waals surface area contributed by atoms with Crippen LogP contribution in [0.4, 0.5) is 0 Å². The van der Waals surface area contributed by atoms with Gasteiger partial charge in [-0.1, -0.05) is 28.9 Å². The number of aromatic nitrogens is 1. The van der Waals surface area contributed by atoms with Crippen LogP contribution in [-0.4, -0.2) is 10.3 Å². The molecule has 84 valence electrons. The van der Waals surface area contributed by atoms with Gasteiger partial charge in [0, 0.05) is 11.6 Å². The van der Waals surface area contributed by atoms with Crippen LogP contribution in [0.3, 0.4) is 0 Å². The zero-order valence-corrected chi connectivity index (χ0v) is 9.82. The summed E-state index contributed by atoms with van der Waals surface area (Å²) in [5, 5.41) is 13.9. The fourth-order valence-corrected chi connectivity index (χ4v) is 1.88. The number of rotatable bonds is 2. The van der Waals surface area contributed by atoms with E-state index in [1.165, 1.54) is 0 Å². The summed E-state index contributed by atoms with van der Waals surface area (Å²) in [6.07, 6.45) is -0.663. The fraction of sp³-hybridized carbons (Fsp3) is 0.250. The van der Waals surface area contributed by atoms with Gasteiger partial charge in [-0.15, -0.1) is 0 Å². The number of aryl methyl sites for hydroxylation is 1. The molecular formula is C12H12ClNO2. The summed E-state index contributed by atoms with van der Waals surface area (Å²) in [5.74, 6) is 0.439. The molecule has 2 aromatic rings. The van der Waals surface area contributed by atoms with E-state index >= 15 is 0 Å². The Bertz CT molecular complexity index is 485. The molecule has 0 amide bonds. The van der Waals surface area contributed by atoms with Gasteiger partial charge in [-0.3, -0.25) is 0 Å². The molecule has 0 radical (unpaired) electrons. The molecule has 0 saturated heterocycles. The molecule has 1 aromatic heterocycles. The van der Waals surface area contributed by atoms with Crippen molar-refractivity contribution in [3.05, 3.63) is 40.6 Å². The average molecular weight is 238 g/mol. The van der Waals surface area contributed by atoms with E-state index in [0.29, 0.717) is 16.5 Å². The van der Waals surface area contributed by atoms with E-state index in [2.05, 4.69) is 5.16 Å². The van der Waals surface area contributed by atoms with Gasteiger partial charge in [0.25, 0.3) is 0 Å². The van der Waals surface area contributed by atoms with Gasteiger partial charge in [-0.05, 0) is 25.5 Å². The first-order chi connectivity index (χ1) is 7.59. The van der Waals surface area contributed by atoms with Gasteiger partial charge >= 0.3 is 0 Å². The fourth-order valence-electron chi connectivity index (χ4n) is 1.56. The number of halogens is 1. The van der Waals surface area contributed by atoms with Gasteiger partial charge < -0.3 is 9.63 Å². The molecule has 0 aliphatic carbocycles. The predicted octanol–water partition coefficient (Wildman–Crippen LogP) is 3.36. The van der Waals surface area contributed by atoms with Gasteiger partial charge in [-0.2, -0.15) is 0 Å². The Morgan fingerprint density at radius 2 is 2.19 bits per heavy atom. The third kappa shape index (κ3) is 1.96. The Kier molecular flexibility index (Phi) is 2.99. The van der Waals surface area contributed by atoms with E-state index in [9.17, 15) is 5.11 Å². The van der Waals surface area contributed by atoms with Crippen LogP contribution in [0.1, 0.15) is 24.4 Å². The summed E-state index contributed by atoms with van der Waals surface area (Å²) in [7, 11) is 0. The summed E-state index contributed by atoms with van der Waals surface area (Å²) in [5.41, 5.74) is 2.52. The van der Waals surface area contributed by atoms with Gasteiger partial charge in [0.15, 0.2) is 5.76 Å². The third-order valence-electron chi connectivity index (χ3n) is 2.42. The monoisotopic (exact) mass is 237 g/mol. The normalized spacial score (nSPS) is 12.8. The Morgan fingerprint density at radius 1 is 1.44 bits per heavy atom. The number of nitrogens with zero attached hydrogens (tertiary/aromatic N) is 1. The molecular weight excluding hydrogens is 226 g/mol. The van der Waals surface area contributed by atoms with Crippen LogP contribution in [0, 0.1) is 6.92 Å². The minimum Gasteiger partial charge on any atom is -0.385 e. The van der Waals surface area contributed by atoms with Crippen LogP contribution in [0.2, 0.25) is 5.02 Å². The minimum absolute atomic E-state index is 0.439. The standard InChI is InChI=1S/C12H12ClNO2/c1-7-4-3-5-9(13)12(7)10-6-11(8(2)15)16-14-10/h3-6,8,15H,1-2H3. The SMILES string of the molecule is Cc1cccc(Cl)c1-c1cc(C(C)O)on1. The summed E-state index contributed by atoms with van der Waals surface area (Å²) >= 11 is 6.11. The van der Waals surface area contributed by atoms with E-state index in [1.54, 1.807) is 19.1 Å². The molecule has 0 bridgehead atoms. The number of aliphatic hydroxyl groups is 1. The van der Waals surface area contributed by atoms with E-state index in [4.69, 9.17) is 16.1 Å². The maximum Gasteiger partial charge on any atom is 0.165 e. The Hall–Kier alpha value is -1.32. The van der Waals surface area contributed by atoms with Crippen LogP contribution < -0.4 is 0 Å². The second-order valence-corrected chi connectivity index (χ2v) is 4.13. The first kappa shape index (κ1) is 11.2. The topological polar surface area (TPSA) is 46.3 Å². The zero-order valence-electron chi connectivity index (χ0n) is 9.07. The van der Waals surface area contributed by atoms with Crippen molar-refractivity contribution in [3.63, 3.8) is 0 Å². The molecule has 2 rings (SSSR count). The molecule has 0 aliphatic rings. The quantitative estimate of drug-likeness (QED) is 0.871. The van der Waals surface area contributed by atoms with Gasteiger partial charge in [0.1, 0.15) is 11.8 Å². The summed E-state index contributed by atoms with van der Waals surface area (Å²) in [4.78, 5) is 0. The Balaban J connectivity index is 2.50. The molecule has 1 heterocycles. The predicted molar refractivity (Wildman–Crippen MR) is 62.3 cm³/mol. The second kappa shape index (κ2) is 4.28. The van der Waals surface area contributed by atoms with Crippen molar-refractivity contribution in [2.24, 2.45) is 0 Å². The second-order valence-electron chi connectivity index (χ2n) is 3.72. The molecule has 0 spiro atoms. The van der Waals surface area contributed by atoms with Gasteiger partial charge in [-0.25, -0.2) is 0 Å². The highest BCUT2D eigenvalue weighted by molar-refractivity contribution is 6.33. The van der Waals surface area contributed by atoms with Crippen molar-refractivity contribution >= 4 is 11.6 Å². The average Bonchev–Trinajstić information content (AvgIpc) is 2.66. The highest BCUT2D eigenvalue weighted by atomic mass is 35.5. The summed E-state index contributed by atoms with van der Waals surface area (Å²) in [6, 6.07) is 7.36. The first-order valence-corrected chi connectivity index (χ1v) is 5.37. The number of aliphatic hydroxyl groups excluding tert-OH is 1. The molecule has 1 atom stereocenters. The highest BCUT2D eigenvalue weighted by Crippen LogP contribution is 2.31. The number of hydrogen-bond acceptors (Lipinski definition) is 3. The van der Waals surface area contributed by atoms with Crippen LogP contribution in [0.15, 0.2) is 28.8 Å². The van der Waals surface area contributed by atoms with Crippen molar-refractivity contribution in [3.8, 4) is 11.3 Å². The van der Waals surface area contributed by atoms with E-state index < -0.39 is 6.10 Å². The Morgan fingerprint density at radius 3 is 2.75 bits per heavy atom. The highest BCUT2D eigenvalue weighted by Gasteiger charge is 2.14. The lowest BCUT2D eigenvalue weighted by Crippen LogP contribution is -1.86. The molecule has 0 aliphatic heterocycles.